The molecule has 0 aromatic carbocycles. The molecule has 0 fully saturated rings. The van der Waals surface area contributed by atoms with Gasteiger partial charge in [0.15, 0.2) is 0 Å². The Morgan fingerprint density at radius 1 is 0.406 bits per heavy atom. The van der Waals surface area contributed by atoms with Crippen molar-refractivity contribution < 1.29 is 20.1 Å². The third kappa shape index (κ3) is 29.3. The molecule has 0 aromatic heterocycles. The van der Waals surface area contributed by atoms with Crippen molar-refractivity contribution in [3.8, 4) is 0 Å². The maximum Gasteiger partial charge on any atom is 0.0993 e. The van der Waals surface area contributed by atoms with Gasteiger partial charge in [-0.05, 0) is 51.4 Å². The van der Waals surface area contributed by atoms with Crippen LogP contribution in [0.15, 0.2) is 25.3 Å². The van der Waals surface area contributed by atoms with Crippen molar-refractivity contribution in [3.63, 3.8) is 0 Å². The summed E-state index contributed by atoms with van der Waals surface area (Å²) in [5, 5.41) is 4.78. The summed E-state index contributed by atoms with van der Waals surface area (Å²) in [5.74, 6) is 0. The number of rotatable bonds is 29. The zero-order chi connectivity index (χ0) is 23.2. The molecule has 0 aliphatic carbocycles. The first-order valence-corrected chi connectivity index (χ1v) is 13.9. The zero-order valence-corrected chi connectivity index (χ0v) is 21.5. The van der Waals surface area contributed by atoms with E-state index in [1.54, 1.807) is 0 Å². The topological polar surface area (TPSA) is 51.7 Å². The highest BCUT2D eigenvalue weighted by Crippen LogP contribution is 2.08. The van der Waals surface area contributed by atoms with Gasteiger partial charge in [-0.2, -0.15) is 0 Å². The van der Waals surface area contributed by atoms with Crippen LogP contribution in [0.25, 0.3) is 0 Å². The lowest BCUT2D eigenvalue weighted by Crippen LogP contribution is -2.85. The first-order valence-electron chi connectivity index (χ1n) is 13.9. The number of hydrogen-bond acceptors (Lipinski definition) is 2. The predicted molar refractivity (Wildman–Crippen MR) is 139 cm³/mol. The Kier molecular flexibility index (Phi) is 29.7. The molecule has 0 rings (SSSR count). The third-order valence-corrected chi connectivity index (χ3v) is 5.94. The van der Waals surface area contributed by atoms with E-state index in [4.69, 9.17) is 9.47 Å². The fourth-order valence-electron chi connectivity index (χ4n) is 3.87. The molecule has 0 aromatic rings. The first-order chi connectivity index (χ1) is 15.9. The lowest BCUT2D eigenvalue weighted by atomic mass is 10.1. The molecule has 0 bridgehead atoms. The predicted octanol–water partition coefficient (Wildman–Crippen LogP) is 4.76. The Morgan fingerprint density at radius 2 is 0.750 bits per heavy atom. The van der Waals surface area contributed by atoms with E-state index in [9.17, 15) is 0 Å². The van der Waals surface area contributed by atoms with Gasteiger partial charge < -0.3 is 20.1 Å². The summed E-state index contributed by atoms with van der Waals surface area (Å²) in [6.45, 7) is 15.3. The molecule has 0 spiro atoms. The smallest absolute Gasteiger partial charge is 0.0993 e. The monoisotopic (exact) mass is 454 g/mol. The van der Waals surface area contributed by atoms with Gasteiger partial charge in [-0.15, -0.1) is 13.2 Å². The number of quaternary nitrogens is 2. The standard InChI is InChI=1S/C28H56N2O2/c1-3-5-7-9-11-13-15-17-19-21-29-23-25-31-27-28-32-26-24-30-22-20-18-16-14-12-10-8-6-4-2/h3-4,29-30H,1-2,5-28H2/p+2. The molecule has 0 unspecified atom stereocenters. The average molecular weight is 455 g/mol. The molecular formula is C28H58N2O2+2. The van der Waals surface area contributed by atoms with Gasteiger partial charge in [0.05, 0.1) is 52.6 Å². The second kappa shape index (κ2) is 30.3. The molecule has 0 radical (unpaired) electrons. The summed E-state index contributed by atoms with van der Waals surface area (Å²) in [6.07, 6.45) is 25.6. The molecule has 4 heteroatoms. The molecule has 0 amide bonds. The number of unbranched alkanes of at least 4 members (excludes halogenated alkanes) is 14. The van der Waals surface area contributed by atoms with Crippen LogP contribution in [0.4, 0.5) is 0 Å². The van der Waals surface area contributed by atoms with Crippen molar-refractivity contribution in [3.05, 3.63) is 25.3 Å². The lowest BCUT2D eigenvalue weighted by molar-refractivity contribution is -0.657. The molecular weight excluding hydrogens is 396 g/mol. The van der Waals surface area contributed by atoms with E-state index in [-0.39, 0.29) is 0 Å². The fourth-order valence-corrected chi connectivity index (χ4v) is 3.87. The van der Waals surface area contributed by atoms with E-state index in [1.165, 1.54) is 116 Å². The van der Waals surface area contributed by atoms with Crippen LogP contribution >= 0.6 is 0 Å². The Bertz CT molecular complexity index is 329. The molecule has 4 N–H and O–H groups in total. The van der Waals surface area contributed by atoms with Crippen LogP contribution in [0, 0.1) is 0 Å². The molecule has 0 aliphatic heterocycles. The molecule has 4 nitrogen and oxygen atoms in total. The van der Waals surface area contributed by atoms with Crippen molar-refractivity contribution in [2.75, 3.05) is 52.6 Å². The Hall–Kier alpha value is -0.680. The van der Waals surface area contributed by atoms with Crippen LogP contribution < -0.4 is 10.6 Å². The minimum absolute atomic E-state index is 0.729. The van der Waals surface area contributed by atoms with Crippen LogP contribution in [-0.4, -0.2) is 52.6 Å². The van der Waals surface area contributed by atoms with Crippen LogP contribution in [-0.2, 0) is 9.47 Å². The van der Waals surface area contributed by atoms with Crippen molar-refractivity contribution in [1.29, 1.82) is 0 Å². The van der Waals surface area contributed by atoms with Gasteiger partial charge in [0, 0.05) is 0 Å². The Labute approximate surface area is 201 Å². The van der Waals surface area contributed by atoms with Crippen molar-refractivity contribution >= 4 is 0 Å². The molecule has 32 heavy (non-hydrogen) atoms. The second-order valence-electron chi connectivity index (χ2n) is 9.06. The van der Waals surface area contributed by atoms with E-state index >= 15 is 0 Å². The maximum absolute atomic E-state index is 5.66. The van der Waals surface area contributed by atoms with E-state index in [1.807, 2.05) is 12.2 Å². The summed E-state index contributed by atoms with van der Waals surface area (Å²) >= 11 is 0. The van der Waals surface area contributed by atoms with Crippen molar-refractivity contribution in [1.82, 2.24) is 0 Å². The highest BCUT2D eigenvalue weighted by Gasteiger charge is 1.97. The molecule has 190 valence electrons. The van der Waals surface area contributed by atoms with E-state index in [2.05, 4.69) is 23.8 Å². The SMILES string of the molecule is C=CCCCCCCCCC[NH2+]CCOCCOCC[NH2+]CCCCCCCCCC=C. The number of ether oxygens (including phenoxy) is 2. The van der Waals surface area contributed by atoms with Crippen molar-refractivity contribution in [2.24, 2.45) is 0 Å². The minimum atomic E-state index is 0.729. The normalized spacial score (nSPS) is 11.1. The van der Waals surface area contributed by atoms with Gasteiger partial charge in [-0.25, -0.2) is 0 Å². The van der Waals surface area contributed by atoms with E-state index < -0.39 is 0 Å². The Balaban J connectivity index is 2.99. The van der Waals surface area contributed by atoms with Gasteiger partial charge in [0.25, 0.3) is 0 Å². The number of nitrogens with two attached hydrogens (primary N) is 2. The second-order valence-corrected chi connectivity index (χ2v) is 9.06. The van der Waals surface area contributed by atoms with Gasteiger partial charge in [-0.1, -0.05) is 63.5 Å². The number of hydrogen-bond donors (Lipinski definition) is 2. The fraction of sp³-hybridized carbons (Fsp3) is 0.857. The van der Waals surface area contributed by atoms with Crippen molar-refractivity contribution in [2.45, 2.75) is 103 Å². The van der Waals surface area contributed by atoms with Gasteiger partial charge in [0.2, 0.25) is 0 Å². The van der Waals surface area contributed by atoms with E-state index in [0.29, 0.717) is 0 Å². The first kappa shape index (κ1) is 31.3. The average Bonchev–Trinajstić information content (AvgIpc) is 2.81. The summed E-state index contributed by atoms with van der Waals surface area (Å²) < 4.78 is 11.3. The highest BCUT2D eigenvalue weighted by molar-refractivity contribution is 4.65. The maximum atomic E-state index is 5.66. The largest absolute Gasteiger partial charge is 0.373 e. The summed E-state index contributed by atoms with van der Waals surface area (Å²) in [7, 11) is 0. The molecule has 0 saturated heterocycles. The number of allylic oxidation sites excluding steroid dienone is 2. The molecule has 0 saturated carbocycles. The van der Waals surface area contributed by atoms with Gasteiger partial charge in [-0.3, -0.25) is 0 Å². The molecule has 0 aliphatic rings. The van der Waals surface area contributed by atoms with Crippen LogP contribution in [0.1, 0.15) is 103 Å². The summed E-state index contributed by atoms with van der Waals surface area (Å²) in [5.41, 5.74) is 0. The zero-order valence-electron chi connectivity index (χ0n) is 21.5. The Morgan fingerprint density at radius 3 is 1.12 bits per heavy atom. The summed E-state index contributed by atoms with van der Waals surface area (Å²) in [4.78, 5) is 0. The van der Waals surface area contributed by atoms with Crippen LogP contribution in [0.3, 0.4) is 0 Å². The third-order valence-electron chi connectivity index (χ3n) is 5.94. The van der Waals surface area contributed by atoms with Crippen LogP contribution in [0.5, 0.6) is 0 Å². The molecule has 0 heterocycles. The minimum Gasteiger partial charge on any atom is -0.373 e. The van der Waals surface area contributed by atoms with Crippen LogP contribution in [0.2, 0.25) is 0 Å². The molecule has 0 atom stereocenters. The summed E-state index contributed by atoms with van der Waals surface area (Å²) in [6, 6.07) is 0. The van der Waals surface area contributed by atoms with E-state index in [0.717, 1.165) is 39.5 Å². The van der Waals surface area contributed by atoms with Gasteiger partial charge in [0.1, 0.15) is 0 Å². The highest BCUT2D eigenvalue weighted by atomic mass is 16.5. The van der Waals surface area contributed by atoms with Gasteiger partial charge >= 0.3 is 0 Å². The lowest BCUT2D eigenvalue weighted by Gasteiger charge is -2.06. The quantitative estimate of drug-likeness (QED) is 0.126.